The first-order chi connectivity index (χ1) is 9.92. The molecule has 0 fully saturated rings. The lowest BCUT2D eigenvalue weighted by molar-refractivity contribution is 0.598. The Bertz CT molecular complexity index is 861. The molecule has 0 saturated heterocycles. The van der Waals surface area contributed by atoms with Crippen LogP contribution in [0.5, 0.6) is 0 Å². The predicted molar refractivity (Wildman–Crippen MR) is 82.8 cm³/mol. The van der Waals surface area contributed by atoms with Crippen LogP contribution in [0.2, 0.25) is 0 Å². The van der Waals surface area contributed by atoms with E-state index in [1.165, 1.54) is 4.70 Å². The lowest BCUT2D eigenvalue weighted by Crippen LogP contribution is -1.76. The van der Waals surface area contributed by atoms with Crippen LogP contribution in [0.3, 0.4) is 0 Å². The maximum absolute atomic E-state index is 6.00. The topological polar surface area (TPSA) is 26.0 Å². The largest absolute Gasteiger partial charge is 0.456 e. The van der Waals surface area contributed by atoms with E-state index in [-0.39, 0.29) is 0 Å². The quantitative estimate of drug-likeness (QED) is 0.502. The molecule has 3 heteroatoms. The van der Waals surface area contributed by atoms with E-state index in [9.17, 15) is 0 Å². The van der Waals surface area contributed by atoms with E-state index >= 15 is 0 Å². The van der Waals surface area contributed by atoms with Crippen LogP contribution >= 0.6 is 11.3 Å². The Morgan fingerprint density at radius 3 is 2.55 bits per heavy atom. The van der Waals surface area contributed by atoms with Crippen molar-refractivity contribution < 1.29 is 4.42 Å². The number of fused-ring (bicyclic) bond motifs is 1. The summed E-state index contributed by atoms with van der Waals surface area (Å²) in [5, 5.41) is 0. The number of rotatable bonds is 2. The first kappa shape index (κ1) is 11.4. The summed E-state index contributed by atoms with van der Waals surface area (Å²) < 4.78 is 7.18. The number of para-hydroxylation sites is 1. The van der Waals surface area contributed by atoms with Crippen molar-refractivity contribution in [2.24, 2.45) is 0 Å². The van der Waals surface area contributed by atoms with E-state index < -0.39 is 0 Å². The first-order valence-electron chi connectivity index (χ1n) is 6.40. The van der Waals surface area contributed by atoms with Crippen LogP contribution in [0, 0.1) is 0 Å². The molecule has 0 N–H and O–H groups in total. The van der Waals surface area contributed by atoms with Gasteiger partial charge in [0.25, 0.3) is 0 Å². The fourth-order valence-corrected chi connectivity index (χ4v) is 3.03. The highest BCUT2D eigenvalue weighted by Crippen LogP contribution is 2.33. The molecule has 2 aromatic carbocycles. The second-order valence-corrected chi connectivity index (χ2v) is 5.42. The summed E-state index contributed by atoms with van der Waals surface area (Å²) in [7, 11) is 0. The zero-order valence-corrected chi connectivity index (χ0v) is 11.4. The summed E-state index contributed by atoms with van der Waals surface area (Å²) in [5.41, 5.74) is 5.01. The smallest absolute Gasteiger partial charge is 0.137 e. The van der Waals surface area contributed by atoms with Crippen molar-refractivity contribution in [2.75, 3.05) is 0 Å². The number of benzene rings is 2. The minimum Gasteiger partial charge on any atom is -0.456 e. The molecule has 0 spiro atoms. The van der Waals surface area contributed by atoms with Crippen molar-refractivity contribution in [3.8, 4) is 22.6 Å². The van der Waals surface area contributed by atoms with Crippen LogP contribution in [-0.4, -0.2) is 4.98 Å². The van der Waals surface area contributed by atoms with Crippen molar-refractivity contribution in [1.29, 1.82) is 0 Å². The van der Waals surface area contributed by atoms with Gasteiger partial charge in [-0.25, -0.2) is 4.98 Å². The Labute approximate surface area is 120 Å². The molecule has 20 heavy (non-hydrogen) atoms. The van der Waals surface area contributed by atoms with Crippen molar-refractivity contribution >= 4 is 21.6 Å². The van der Waals surface area contributed by atoms with Crippen molar-refractivity contribution in [1.82, 2.24) is 4.98 Å². The number of thiazole rings is 1. The average molecular weight is 277 g/mol. The molecule has 0 saturated carbocycles. The second kappa shape index (κ2) is 4.62. The van der Waals surface area contributed by atoms with E-state index in [1.807, 2.05) is 54.0 Å². The molecule has 0 bridgehead atoms. The summed E-state index contributed by atoms with van der Waals surface area (Å²) in [5.74, 6) is 1.74. The lowest BCUT2D eigenvalue weighted by atomic mass is 10.1. The number of hydrogen-bond donors (Lipinski definition) is 0. The van der Waals surface area contributed by atoms with E-state index in [2.05, 4.69) is 17.1 Å². The van der Waals surface area contributed by atoms with Gasteiger partial charge in [-0.15, -0.1) is 11.3 Å². The Balaban J connectivity index is 1.84. The minimum absolute atomic E-state index is 0.861. The normalized spacial score (nSPS) is 11.0. The molecule has 96 valence electrons. The van der Waals surface area contributed by atoms with Crippen LogP contribution in [0.4, 0.5) is 0 Å². The maximum atomic E-state index is 6.00. The van der Waals surface area contributed by atoms with E-state index in [0.717, 1.165) is 28.2 Å². The minimum atomic E-state index is 0.861. The molecule has 4 rings (SSSR count). The molecule has 0 unspecified atom stereocenters. The second-order valence-electron chi connectivity index (χ2n) is 4.53. The van der Waals surface area contributed by atoms with Crippen LogP contribution in [0.25, 0.3) is 32.9 Å². The fourth-order valence-electron chi connectivity index (χ4n) is 2.33. The third-order valence-electron chi connectivity index (χ3n) is 3.29. The third kappa shape index (κ3) is 1.84. The van der Waals surface area contributed by atoms with Gasteiger partial charge in [-0.2, -0.15) is 0 Å². The number of aromatic nitrogens is 1. The Morgan fingerprint density at radius 1 is 0.800 bits per heavy atom. The first-order valence-corrected chi connectivity index (χ1v) is 7.27. The third-order valence-corrected chi connectivity index (χ3v) is 4.08. The van der Waals surface area contributed by atoms with Gasteiger partial charge in [-0.05, 0) is 24.3 Å². The van der Waals surface area contributed by atoms with Gasteiger partial charge >= 0.3 is 0 Å². The molecule has 0 aliphatic heterocycles. The monoisotopic (exact) mass is 277 g/mol. The van der Waals surface area contributed by atoms with Gasteiger partial charge in [-0.1, -0.05) is 36.4 Å². The van der Waals surface area contributed by atoms with Crippen LogP contribution in [0.1, 0.15) is 0 Å². The van der Waals surface area contributed by atoms with Gasteiger partial charge in [0.2, 0.25) is 0 Å². The fraction of sp³-hybridized carbons (Fsp3) is 0. The molecule has 0 radical (unpaired) electrons. The van der Waals surface area contributed by atoms with Crippen LogP contribution < -0.4 is 0 Å². The zero-order chi connectivity index (χ0) is 13.4. The molecular formula is C17H11NOS. The van der Waals surface area contributed by atoms with Crippen molar-refractivity contribution in [3.05, 3.63) is 66.2 Å². The Morgan fingerprint density at radius 2 is 1.65 bits per heavy atom. The lowest BCUT2D eigenvalue weighted by Gasteiger charge is -1.99. The molecule has 4 aromatic rings. The molecular weight excluding hydrogens is 266 g/mol. The Kier molecular flexibility index (Phi) is 2.64. The number of hydrogen-bond acceptors (Lipinski definition) is 3. The van der Waals surface area contributed by atoms with Gasteiger partial charge in [0.05, 0.1) is 15.7 Å². The highest BCUT2D eigenvalue weighted by Gasteiger charge is 2.10. The van der Waals surface area contributed by atoms with Crippen molar-refractivity contribution in [3.63, 3.8) is 0 Å². The molecule has 2 aromatic heterocycles. The van der Waals surface area contributed by atoms with E-state index in [4.69, 9.17) is 4.42 Å². The Hall–Kier alpha value is -2.39. The summed E-state index contributed by atoms with van der Waals surface area (Å²) in [6, 6.07) is 20.3. The summed E-state index contributed by atoms with van der Waals surface area (Å²) in [6.07, 6.45) is 0. The number of furan rings is 1. The van der Waals surface area contributed by atoms with Gasteiger partial charge in [-0.3, -0.25) is 0 Å². The molecule has 2 heterocycles. The summed E-state index contributed by atoms with van der Waals surface area (Å²) in [6.45, 7) is 0. The van der Waals surface area contributed by atoms with Gasteiger partial charge in [0.15, 0.2) is 0 Å². The highest BCUT2D eigenvalue weighted by molar-refractivity contribution is 7.16. The van der Waals surface area contributed by atoms with Gasteiger partial charge in [0.1, 0.15) is 11.5 Å². The van der Waals surface area contributed by atoms with Gasteiger partial charge < -0.3 is 4.42 Å². The SMILES string of the molecule is c1ccc(-c2ccc(-c3cccc4scnc34)o2)cc1. The summed E-state index contributed by atoms with van der Waals surface area (Å²) >= 11 is 1.65. The zero-order valence-electron chi connectivity index (χ0n) is 10.6. The predicted octanol–water partition coefficient (Wildman–Crippen LogP) is 5.22. The molecule has 0 atom stereocenters. The average Bonchev–Trinajstić information content (AvgIpc) is 3.17. The van der Waals surface area contributed by atoms with Crippen LogP contribution in [0.15, 0.2) is 70.6 Å². The summed E-state index contributed by atoms with van der Waals surface area (Å²) in [4.78, 5) is 4.44. The van der Waals surface area contributed by atoms with Crippen LogP contribution in [-0.2, 0) is 0 Å². The molecule has 0 aliphatic rings. The maximum Gasteiger partial charge on any atom is 0.137 e. The molecule has 0 aliphatic carbocycles. The highest BCUT2D eigenvalue weighted by atomic mass is 32.1. The van der Waals surface area contributed by atoms with Gasteiger partial charge in [0, 0.05) is 11.1 Å². The van der Waals surface area contributed by atoms with Crippen molar-refractivity contribution in [2.45, 2.75) is 0 Å². The standard InChI is InChI=1S/C17H11NOS/c1-2-5-12(6-3-1)14-9-10-15(19-14)13-7-4-8-16-17(13)18-11-20-16/h1-11H. The molecule has 2 nitrogen and oxygen atoms in total. The van der Waals surface area contributed by atoms with E-state index in [1.54, 1.807) is 11.3 Å². The van der Waals surface area contributed by atoms with E-state index in [0.29, 0.717) is 0 Å². The molecule has 0 amide bonds. The number of nitrogens with zero attached hydrogens (tertiary/aromatic N) is 1.